The van der Waals surface area contributed by atoms with Crippen molar-refractivity contribution in [3.8, 4) is 9.75 Å². The van der Waals surface area contributed by atoms with E-state index in [1.54, 1.807) is 22.7 Å². The first-order chi connectivity index (χ1) is 22.1. The van der Waals surface area contributed by atoms with Crippen molar-refractivity contribution in [1.82, 2.24) is 0 Å². The molecule has 2 aromatic heterocycles. The Bertz CT molecular complexity index is 1330. The van der Waals surface area contributed by atoms with Crippen LogP contribution in [-0.4, -0.2) is 0 Å². The molecule has 2 heterocycles. The molecule has 0 saturated carbocycles. The van der Waals surface area contributed by atoms with Crippen LogP contribution in [0.15, 0.2) is 30.3 Å². The van der Waals surface area contributed by atoms with Crippen LogP contribution < -0.4 is 0 Å². The van der Waals surface area contributed by atoms with E-state index >= 15 is 8.78 Å². The number of rotatable bonds is 20. The number of benzene rings is 1. The maximum Gasteiger partial charge on any atom is 0.288 e. The lowest BCUT2D eigenvalue weighted by Gasteiger charge is -2.45. The Morgan fingerprint density at radius 1 is 0.543 bits per heavy atom. The van der Waals surface area contributed by atoms with Gasteiger partial charge in [0.05, 0.1) is 10.3 Å². The lowest BCUT2D eigenvalue weighted by molar-refractivity contribution is -0.0753. The van der Waals surface area contributed by atoms with Gasteiger partial charge in [0.15, 0.2) is 0 Å². The Morgan fingerprint density at radius 2 is 0.978 bits per heavy atom. The summed E-state index contributed by atoms with van der Waals surface area (Å²) < 4.78 is 36.0. The second-order valence-electron chi connectivity index (χ2n) is 14.7. The number of aryl methyl sites for hydroxylation is 2. The lowest BCUT2D eigenvalue weighted by atomic mass is 9.61. The summed E-state index contributed by atoms with van der Waals surface area (Å²) in [6.45, 7) is 15.4. The zero-order valence-electron chi connectivity index (χ0n) is 30.1. The second-order valence-corrected chi connectivity index (χ2v) is 16.9. The summed E-state index contributed by atoms with van der Waals surface area (Å²) in [5.74, 6) is -2.45. The summed E-state index contributed by atoms with van der Waals surface area (Å²) >= 11 is 3.40. The van der Waals surface area contributed by atoms with Gasteiger partial charge in [-0.3, -0.25) is 0 Å². The molecule has 256 valence electrons. The van der Waals surface area contributed by atoms with Crippen molar-refractivity contribution in [2.45, 2.75) is 181 Å². The average Bonchev–Trinajstić information content (AvgIpc) is 3.68. The molecule has 0 fully saturated rings. The van der Waals surface area contributed by atoms with E-state index in [-0.39, 0.29) is 11.5 Å². The number of hydrogen-bond acceptors (Lipinski definition) is 2. The minimum Gasteiger partial charge on any atom is -0.200 e. The smallest absolute Gasteiger partial charge is 0.200 e. The van der Waals surface area contributed by atoms with Gasteiger partial charge in [0.1, 0.15) is 0 Å². The first-order valence-corrected chi connectivity index (χ1v) is 20.5. The summed E-state index contributed by atoms with van der Waals surface area (Å²) in [5, 5.41) is 0. The van der Waals surface area contributed by atoms with E-state index in [0.29, 0.717) is 12.3 Å². The number of alkyl halides is 2. The topological polar surface area (TPSA) is 0 Å². The van der Waals surface area contributed by atoms with Crippen LogP contribution in [0.2, 0.25) is 0 Å². The zero-order valence-corrected chi connectivity index (χ0v) is 31.8. The van der Waals surface area contributed by atoms with Gasteiger partial charge in [0.2, 0.25) is 0 Å². The highest BCUT2D eigenvalue weighted by atomic mass is 32.1. The third-order valence-corrected chi connectivity index (χ3v) is 13.3. The van der Waals surface area contributed by atoms with Gasteiger partial charge in [0.25, 0.3) is 5.92 Å². The highest BCUT2D eigenvalue weighted by Gasteiger charge is 2.62. The summed E-state index contributed by atoms with van der Waals surface area (Å²) in [6, 6.07) is 10.9. The highest BCUT2D eigenvalue weighted by Crippen LogP contribution is 2.65. The van der Waals surface area contributed by atoms with E-state index in [4.69, 9.17) is 0 Å². The van der Waals surface area contributed by atoms with Gasteiger partial charge in [0, 0.05) is 20.2 Å². The van der Waals surface area contributed by atoms with E-state index < -0.39 is 11.3 Å². The molecule has 3 aromatic rings. The molecule has 1 aromatic carbocycles. The van der Waals surface area contributed by atoms with Crippen LogP contribution >= 0.6 is 22.7 Å². The molecular weight excluding hydrogens is 607 g/mol. The van der Waals surface area contributed by atoms with Crippen LogP contribution in [-0.2, 0) is 24.2 Å². The van der Waals surface area contributed by atoms with Gasteiger partial charge < -0.3 is 0 Å². The van der Waals surface area contributed by atoms with E-state index in [1.165, 1.54) is 73.8 Å². The summed E-state index contributed by atoms with van der Waals surface area (Å²) in [7, 11) is 0. The van der Waals surface area contributed by atoms with Crippen molar-refractivity contribution in [3.05, 3.63) is 67.9 Å². The fourth-order valence-electron chi connectivity index (χ4n) is 7.43. The van der Waals surface area contributed by atoms with Crippen molar-refractivity contribution in [2.24, 2.45) is 0 Å². The Kier molecular flexibility index (Phi) is 14.0. The predicted molar refractivity (Wildman–Crippen MR) is 201 cm³/mol. The average molecular weight is 669 g/mol. The normalized spacial score (nSPS) is 17.2. The van der Waals surface area contributed by atoms with Gasteiger partial charge in [-0.25, -0.2) is 0 Å². The minimum absolute atomic E-state index is 0.230. The summed E-state index contributed by atoms with van der Waals surface area (Å²) in [5.41, 5.74) is 3.24. The molecule has 1 atom stereocenters. The van der Waals surface area contributed by atoms with Gasteiger partial charge in [-0.2, -0.15) is 8.78 Å². The number of thiophene rings is 2. The molecule has 0 radical (unpaired) electrons. The third-order valence-electron chi connectivity index (χ3n) is 10.3. The van der Waals surface area contributed by atoms with Crippen LogP contribution in [0.4, 0.5) is 8.78 Å². The lowest BCUT2D eigenvalue weighted by Crippen LogP contribution is -2.46. The molecule has 46 heavy (non-hydrogen) atoms. The van der Waals surface area contributed by atoms with Crippen LogP contribution in [0.25, 0.3) is 9.75 Å². The van der Waals surface area contributed by atoms with Gasteiger partial charge >= 0.3 is 0 Å². The number of hydrogen-bond donors (Lipinski definition) is 0. The van der Waals surface area contributed by atoms with Crippen molar-refractivity contribution in [1.29, 1.82) is 0 Å². The van der Waals surface area contributed by atoms with Crippen molar-refractivity contribution in [2.75, 3.05) is 0 Å². The largest absolute Gasteiger partial charge is 0.288 e. The molecule has 0 nitrogen and oxygen atoms in total. The molecule has 1 aliphatic rings. The quantitative estimate of drug-likeness (QED) is 0.105. The van der Waals surface area contributed by atoms with Crippen LogP contribution in [0, 0.1) is 0 Å². The molecule has 0 saturated heterocycles. The molecule has 0 bridgehead atoms. The first kappa shape index (κ1) is 37.3. The minimum atomic E-state index is -2.99. The van der Waals surface area contributed by atoms with Crippen LogP contribution in [0.1, 0.15) is 194 Å². The Hall–Kier alpha value is -1.52. The summed E-state index contributed by atoms with van der Waals surface area (Å²) in [4.78, 5) is 4.25. The molecule has 1 aliphatic carbocycles. The van der Waals surface area contributed by atoms with E-state index in [1.807, 2.05) is 6.07 Å². The van der Waals surface area contributed by atoms with Crippen molar-refractivity contribution in [3.63, 3.8) is 0 Å². The molecule has 4 rings (SSSR count). The zero-order chi connectivity index (χ0) is 33.3. The standard InChI is InChI=1S/C42H62F2S2/c1-8-11-14-17-18-21-24-41(34-26-32(22-19-15-12-9-2)25-33(27-34)23-20-16-13-10-3)35-28-37(30(4)5)45-39(35)40-36(42(41,43)44)29-38(46-40)31(6)7/h25-31H,8-24H2,1-7H3. The fraction of sp³-hybridized carbons (Fsp3) is 0.667. The fourth-order valence-corrected chi connectivity index (χ4v) is 10.0. The molecular formula is C42H62F2S2. The Balaban J connectivity index is 1.92. The highest BCUT2D eigenvalue weighted by molar-refractivity contribution is 7.22. The Labute approximate surface area is 288 Å². The monoisotopic (exact) mass is 668 g/mol. The summed E-state index contributed by atoms with van der Waals surface area (Å²) in [6.07, 6.45) is 18.6. The van der Waals surface area contributed by atoms with Crippen LogP contribution in [0.3, 0.4) is 0 Å². The number of halogens is 2. The van der Waals surface area contributed by atoms with E-state index in [2.05, 4.69) is 72.7 Å². The SMILES string of the molecule is CCCCCCCCC1(c2cc(CCCCCC)cc(CCCCCC)c2)c2cc(C(C)C)sc2-c2sc(C(C)C)cc2C1(F)F. The number of unbranched alkanes of at least 4 members (excludes halogenated alkanes) is 11. The molecule has 4 heteroatoms. The molecule has 0 N–H and O–H groups in total. The van der Waals surface area contributed by atoms with Gasteiger partial charge in [-0.1, -0.05) is 144 Å². The molecule has 0 aliphatic heterocycles. The van der Waals surface area contributed by atoms with E-state index in [0.717, 1.165) is 70.7 Å². The Morgan fingerprint density at radius 3 is 1.48 bits per heavy atom. The van der Waals surface area contributed by atoms with Crippen molar-refractivity contribution >= 4 is 22.7 Å². The predicted octanol–water partition coefficient (Wildman–Crippen LogP) is 15.1. The maximum atomic E-state index is 18.0. The first-order valence-electron chi connectivity index (χ1n) is 18.9. The van der Waals surface area contributed by atoms with Crippen LogP contribution in [0.5, 0.6) is 0 Å². The molecule has 0 amide bonds. The molecule has 1 unspecified atom stereocenters. The molecule has 0 spiro atoms. The van der Waals surface area contributed by atoms with Gasteiger partial charge in [-0.05, 0) is 78.3 Å². The van der Waals surface area contributed by atoms with E-state index in [9.17, 15) is 0 Å². The van der Waals surface area contributed by atoms with Gasteiger partial charge in [-0.15, -0.1) is 22.7 Å². The van der Waals surface area contributed by atoms with Crippen molar-refractivity contribution < 1.29 is 8.78 Å². The number of fused-ring (bicyclic) bond motifs is 3. The second kappa shape index (κ2) is 17.2. The third kappa shape index (κ3) is 8.19. The maximum absolute atomic E-state index is 18.0.